The van der Waals surface area contributed by atoms with Crippen LogP contribution in [0.1, 0.15) is 39.0 Å². The Morgan fingerprint density at radius 2 is 1.98 bits per heavy atom. The molecule has 0 spiro atoms. The maximum atomic E-state index is 11.8. The van der Waals surface area contributed by atoms with Gasteiger partial charge in [0, 0.05) is 37.7 Å². The SMILES string of the molecule is C[C@H]1CC[C@H](Cn2c(N3CCOC4CCOCC43)nc3cc(-c4noc(=O)[nH]4)nc(-c4cncc(Cl)c4)c32)CC1. The fourth-order valence-electron chi connectivity index (χ4n) is 6.42. The van der Waals surface area contributed by atoms with E-state index in [1.807, 2.05) is 12.1 Å². The zero-order valence-corrected chi connectivity index (χ0v) is 23.1. The van der Waals surface area contributed by atoms with Crippen LogP contribution in [-0.2, 0) is 16.0 Å². The highest BCUT2D eigenvalue weighted by molar-refractivity contribution is 6.30. The number of aromatic amines is 1. The van der Waals surface area contributed by atoms with E-state index in [0.29, 0.717) is 42.1 Å². The first-order valence-electron chi connectivity index (χ1n) is 14.1. The molecule has 12 heteroatoms. The highest BCUT2D eigenvalue weighted by Gasteiger charge is 2.38. The molecular formula is C28H32ClN7O4. The fraction of sp³-hybridized carbons (Fsp3) is 0.536. The maximum absolute atomic E-state index is 11.8. The number of nitrogens with one attached hydrogen (secondary N) is 1. The summed E-state index contributed by atoms with van der Waals surface area (Å²) in [5.74, 6) is 1.78. The highest BCUT2D eigenvalue weighted by Crippen LogP contribution is 2.38. The van der Waals surface area contributed by atoms with Gasteiger partial charge in [-0.3, -0.25) is 14.5 Å². The van der Waals surface area contributed by atoms with E-state index >= 15 is 0 Å². The second-order valence-electron chi connectivity index (χ2n) is 11.2. The molecule has 0 aromatic carbocycles. The van der Waals surface area contributed by atoms with Gasteiger partial charge >= 0.3 is 5.76 Å². The molecule has 11 nitrogen and oxygen atoms in total. The molecule has 2 unspecified atom stereocenters. The van der Waals surface area contributed by atoms with Crippen molar-refractivity contribution in [1.29, 1.82) is 0 Å². The second-order valence-corrected chi connectivity index (χ2v) is 11.7. The summed E-state index contributed by atoms with van der Waals surface area (Å²) >= 11 is 6.39. The van der Waals surface area contributed by atoms with Gasteiger partial charge in [0.25, 0.3) is 0 Å². The number of hydrogen-bond acceptors (Lipinski definition) is 9. The number of imidazole rings is 1. The zero-order valence-electron chi connectivity index (χ0n) is 22.4. The molecule has 2 saturated heterocycles. The van der Waals surface area contributed by atoms with E-state index in [4.69, 9.17) is 35.6 Å². The van der Waals surface area contributed by atoms with Crippen LogP contribution in [0.25, 0.3) is 33.8 Å². The Labute approximate surface area is 235 Å². The molecule has 3 fully saturated rings. The van der Waals surface area contributed by atoms with Crippen LogP contribution < -0.4 is 10.7 Å². The number of aromatic nitrogens is 6. The Morgan fingerprint density at radius 1 is 1.10 bits per heavy atom. The van der Waals surface area contributed by atoms with E-state index < -0.39 is 5.76 Å². The molecule has 0 bridgehead atoms. The van der Waals surface area contributed by atoms with Crippen LogP contribution in [-0.4, -0.2) is 68.2 Å². The molecule has 0 amide bonds. The Bertz CT molecular complexity index is 1570. The smallest absolute Gasteiger partial charge is 0.379 e. The molecule has 1 saturated carbocycles. The molecule has 1 aliphatic carbocycles. The van der Waals surface area contributed by atoms with Gasteiger partial charge in [-0.2, -0.15) is 0 Å². The minimum absolute atomic E-state index is 0.0834. The number of morpholine rings is 1. The number of H-pyrrole nitrogens is 1. The summed E-state index contributed by atoms with van der Waals surface area (Å²) in [7, 11) is 0. The van der Waals surface area contributed by atoms with Crippen LogP contribution in [0.3, 0.4) is 0 Å². The number of ether oxygens (including phenoxy) is 2. The van der Waals surface area contributed by atoms with Crippen molar-refractivity contribution in [3.05, 3.63) is 40.1 Å². The van der Waals surface area contributed by atoms with Gasteiger partial charge < -0.3 is 18.9 Å². The van der Waals surface area contributed by atoms with Crippen LogP contribution in [0.4, 0.5) is 5.95 Å². The van der Waals surface area contributed by atoms with Crippen molar-refractivity contribution in [3.8, 4) is 22.8 Å². The van der Waals surface area contributed by atoms with Crippen molar-refractivity contribution in [2.45, 2.75) is 57.7 Å². The Hall–Kier alpha value is -3.28. The van der Waals surface area contributed by atoms with Crippen LogP contribution >= 0.6 is 11.6 Å². The lowest BCUT2D eigenvalue weighted by Crippen LogP contribution is -2.57. The van der Waals surface area contributed by atoms with Crippen LogP contribution in [0, 0.1) is 11.8 Å². The lowest BCUT2D eigenvalue weighted by Gasteiger charge is -2.44. The van der Waals surface area contributed by atoms with E-state index in [2.05, 4.69) is 31.5 Å². The summed E-state index contributed by atoms with van der Waals surface area (Å²) in [6.07, 6.45) is 9.15. The molecule has 0 radical (unpaired) electrons. The Kier molecular flexibility index (Phi) is 6.81. The van der Waals surface area contributed by atoms with Crippen LogP contribution in [0.15, 0.2) is 33.8 Å². The lowest BCUT2D eigenvalue weighted by atomic mass is 9.83. The van der Waals surface area contributed by atoms with Crippen LogP contribution in [0.2, 0.25) is 5.02 Å². The Balaban J connectivity index is 1.44. The third kappa shape index (κ3) is 4.80. The molecule has 6 heterocycles. The highest BCUT2D eigenvalue weighted by atomic mass is 35.5. The summed E-state index contributed by atoms with van der Waals surface area (Å²) in [6, 6.07) is 3.80. The summed E-state index contributed by atoms with van der Waals surface area (Å²) in [6.45, 7) is 5.84. The van der Waals surface area contributed by atoms with Gasteiger partial charge in [-0.15, -0.1) is 0 Å². The molecule has 40 heavy (non-hydrogen) atoms. The first kappa shape index (κ1) is 25.7. The van der Waals surface area contributed by atoms with Gasteiger partial charge in [0.05, 0.1) is 47.1 Å². The Morgan fingerprint density at radius 3 is 2.77 bits per heavy atom. The molecule has 4 aromatic heterocycles. The van der Waals surface area contributed by atoms with Crippen molar-refractivity contribution in [1.82, 2.24) is 29.7 Å². The van der Waals surface area contributed by atoms with Crippen LogP contribution in [0.5, 0.6) is 0 Å². The molecule has 1 N–H and O–H groups in total. The minimum atomic E-state index is -0.641. The van der Waals surface area contributed by atoms with Gasteiger partial charge in [-0.1, -0.05) is 36.5 Å². The number of halogens is 1. The number of rotatable bonds is 5. The van der Waals surface area contributed by atoms with Gasteiger partial charge in [-0.05, 0) is 43.2 Å². The summed E-state index contributed by atoms with van der Waals surface area (Å²) in [5.41, 5.74) is 3.56. The van der Waals surface area contributed by atoms with E-state index in [9.17, 15) is 4.79 Å². The minimum Gasteiger partial charge on any atom is -0.379 e. The van der Waals surface area contributed by atoms with Gasteiger partial charge in [0.15, 0.2) is 0 Å². The molecule has 2 aliphatic heterocycles. The predicted molar refractivity (Wildman–Crippen MR) is 149 cm³/mol. The number of hydrogen-bond donors (Lipinski definition) is 1. The zero-order chi connectivity index (χ0) is 27.2. The first-order chi connectivity index (χ1) is 19.5. The average molecular weight is 566 g/mol. The summed E-state index contributed by atoms with van der Waals surface area (Å²) < 4.78 is 19.2. The molecule has 2 atom stereocenters. The quantitative estimate of drug-likeness (QED) is 0.377. The van der Waals surface area contributed by atoms with E-state index in [0.717, 1.165) is 48.0 Å². The van der Waals surface area contributed by atoms with Gasteiger partial charge in [0.1, 0.15) is 5.69 Å². The number of nitrogens with zero attached hydrogens (tertiary/aromatic N) is 6. The van der Waals surface area contributed by atoms with E-state index in [-0.39, 0.29) is 18.0 Å². The molecule has 4 aromatic rings. The van der Waals surface area contributed by atoms with E-state index in [1.165, 1.54) is 25.7 Å². The summed E-state index contributed by atoms with van der Waals surface area (Å²) in [4.78, 5) is 31.3. The molecule has 7 rings (SSSR count). The molecule has 210 valence electrons. The van der Waals surface area contributed by atoms with E-state index in [1.54, 1.807) is 12.4 Å². The van der Waals surface area contributed by atoms with Crippen molar-refractivity contribution in [2.24, 2.45) is 11.8 Å². The standard InChI is InChI=1S/C28H32ClN7O4/c1-16-2-4-17(5-3-16)14-36-25-20(32-27(36)35-7-9-39-23-6-8-38-15-22(23)35)11-21(26-33-28(37)40-34-26)31-24(25)18-10-19(29)13-30-12-18/h10-13,16-17,22-23H,2-9,14-15H2,1H3,(H,33,34,37)/t16-,17-,22?,23?. The predicted octanol–water partition coefficient (Wildman–Crippen LogP) is 4.31. The van der Waals surface area contributed by atoms with Crippen molar-refractivity contribution in [2.75, 3.05) is 31.3 Å². The monoisotopic (exact) mass is 565 g/mol. The molecule has 3 aliphatic rings. The lowest BCUT2D eigenvalue weighted by molar-refractivity contribution is -0.0659. The van der Waals surface area contributed by atoms with Crippen molar-refractivity contribution in [3.63, 3.8) is 0 Å². The van der Waals surface area contributed by atoms with Gasteiger partial charge in [0.2, 0.25) is 11.8 Å². The van der Waals surface area contributed by atoms with Crippen molar-refractivity contribution >= 4 is 28.6 Å². The average Bonchev–Trinajstić information content (AvgIpc) is 3.57. The topological polar surface area (TPSA) is 124 Å². The third-order valence-corrected chi connectivity index (χ3v) is 8.73. The normalized spacial score (nSPS) is 25.3. The number of fused-ring (bicyclic) bond motifs is 2. The van der Waals surface area contributed by atoms with Crippen molar-refractivity contribution < 1.29 is 14.0 Å². The second kappa shape index (κ2) is 10.6. The maximum Gasteiger partial charge on any atom is 0.439 e. The fourth-order valence-corrected chi connectivity index (χ4v) is 6.59. The first-order valence-corrected chi connectivity index (χ1v) is 14.5. The summed E-state index contributed by atoms with van der Waals surface area (Å²) in [5, 5.41) is 4.40. The number of anilines is 1. The largest absolute Gasteiger partial charge is 0.439 e. The number of pyridine rings is 2. The van der Waals surface area contributed by atoms with Gasteiger partial charge in [-0.25, -0.2) is 14.8 Å². The third-order valence-electron chi connectivity index (χ3n) is 8.53. The molecular weight excluding hydrogens is 534 g/mol.